The molecule has 176 valence electrons. The van der Waals surface area contributed by atoms with Gasteiger partial charge in [0.15, 0.2) is 10.9 Å². The Labute approximate surface area is 195 Å². The summed E-state index contributed by atoms with van der Waals surface area (Å²) >= 11 is 1.53. The number of furan rings is 1. The van der Waals surface area contributed by atoms with Crippen LogP contribution >= 0.6 is 11.8 Å². The smallest absolute Gasteiger partial charge is 0.287 e. The van der Waals surface area contributed by atoms with Crippen molar-refractivity contribution in [1.82, 2.24) is 20.2 Å². The highest BCUT2D eigenvalue weighted by atomic mass is 32.2. The van der Waals surface area contributed by atoms with Crippen LogP contribution in [-0.2, 0) is 10.5 Å². The molecule has 3 heterocycles. The van der Waals surface area contributed by atoms with E-state index in [1.165, 1.54) is 11.8 Å². The second-order valence-electron chi connectivity index (χ2n) is 8.03. The Bertz CT molecular complexity index is 863. The maximum Gasteiger partial charge on any atom is 0.287 e. The van der Waals surface area contributed by atoms with Crippen LogP contribution in [0, 0.1) is 0 Å². The Kier molecular flexibility index (Phi) is 9.37. The zero-order valence-electron chi connectivity index (χ0n) is 19.6. The van der Waals surface area contributed by atoms with Gasteiger partial charge in [0.05, 0.1) is 19.0 Å². The highest BCUT2D eigenvalue weighted by molar-refractivity contribution is 7.98. The monoisotopic (exact) mass is 461 g/mol. The Balaban J connectivity index is 1.55. The summed E-state index contributed by atoms with van der Waals surface area (Å²) in [5, 5.41) is 3.66. The van der Waals surface area contributed by atoms with Crippen molar-refractivity contribution in [3.05, 3.63) is 35.4 Å². The maximum absolute atomic E-state index is 12.4. The van der Waals surface area contributed by atoms with Crippen LogP contribution < -0.4 is 10.2 Å². The standard InChI is InChI=1S/C23H35N5O3S/c1-5-28(6-2)21-15-19(17(3)4)25-23(26-21)32-16-18-7-8-20(31-18)22(29)24-9-10-27-11-13-30-14-12-27/h7-8,15,17H,5-6,9-14,16H2,1-4H3,(H,24,29). The van der Waals surface area contributed by atoms with E-state index < -0.39 is 0 Å². The lowest BCUT2D eigenvalue weighted by Crippen LogP contribution is -2.41. The summed E-state index contributed by atoms with van der Waals surface area (Å²) in [5.74, 6) is 2.73. The molecule has 1 fully saturated rings. The number of thioether (sulfide) groups is 1. The summed E-state index contributed by atoms with van der Waals surface area (Å²) in [6.07, 6.45) is 0. The molecule has 32 heavy (non-hydrogen) atoms. The van der Waals surface area contributed by atoms with E-state index in [9.17, 15) is 4.79 Å². The SMILES string of the molecule is CCN(CC)c1cc(C(C)C)nc(SCc2ccc(C(=O)NCCN3CCOCC3)o2)n1. The fraction of sp³-hybridized carbons (Fsp3) is 0.609. The predicted molar refractivity (Wildman–Crippen MR) is 128 cm³/mol. The van der Waals surface area contributed by atoms with Gasteiger partial charge in [0.1, 0.15) is 11.6 Å². The van der Waals surface area contributed by atoms with E-state index in [4.69, 9.17) is 19.1 Å². The Morgan fingerprint density at radius 3 is 2.66 bits per heavy atom. The number of aromatic nitrogens is 2. The van der Waals surface area contributed by atoms with Gasteiger partial charge in [-0.1, -0.05) is 25.6 Å². The van der Waals surface area contributed by atoms with Gasteiger partial charge in [0, 0.05) is 51.0 Å². The van der Waals surface area contributed by atoms with Gasteiger partial charge in [-0.2, -0.15) is 0 Å². The average Bonchev–Trinajstić information content (AvgIpc) is 3.28. The number of morpholine rings is 1. The summed E-state index contributed by atoms with van der Waals surface area (Å²) in [4.78, 5) is 26.4. The lowest BCUT2D eigenvalue weighted by Gasteiger charge is -2.26. The van der Waals surface area contributed by atoms with Gasteiger partial charge in [-0.05, 0) is 31.9 Å². The summed E-state index contributed by atoms with van der Waals surface area (Å²) in [6, 6.07) is 5.65. The van der Waals surface area contributed by atoms with Gasteiger partial charge in [-0.25, -0.2) is 9.97 Å². The van der Waals surface area contributed by atoms with E-state index >= 15 is 0 Å². The molecule has 1 amide bonds. The number of rotatable bonds is 11. The van der Waals surface area contributed by atoms with Crippen molar-refractivity contribution in [2.24, 2.45) is 0 Å². The summed E-state index contributed by atoms with van der Waals surface area (Å²) < 4.78 is 11.1. The quantitative estimate of drug-likeness (QED) is 0.403. The first-order valence-corrected chi connectivity index (χ1v) is 12.4. The first kappa shape index (κ1) is 24.5. The van der Waals surface area contributed by atoms with E-state index in [0.29, 0.717) is 24.0 Å². The molecule has 1 N–H and O–H groups in total. The minimum Gasteiger partial charge on any atom is -0.455 e. The molecule has 0 aromatic carbocycles. The van der Waals surface area contributed by atoms with Gasteiger partial charge in [-0.3, -0.25) is 9.69 Å². The van der Waals surface area contributed by atoms with Gasteiger partial charge >= 0.3 is 0 Å². The largest absolute Gasteiger partial charge is 0.455 e. The Hall–Kier alpha value is -2.10. The summed E-state index contributed by atoms with van der Waals surface area (Å²) in [7, 11) is 0. The Morgan fingerprint density at radius 1 is 1.22 bits per heavy atom. The fourth-order valence-corrected chi connectivity index (χ4v) is 4.21. The van der Waals surface area contributed by atoms with Crippen LogP contribution in [0.5, 0.6) is 0 Å². The summed E-state index contributed by atoms with van der Waals surface area (Å²) in [5.41, 5.74) is 1.03. The molecule has 9 heteroatoms. The van der Waals surface area contributed by atoms with E-state index in [0.717, 1.165) is 68.4 Å². The number of carbonyl (C=O) groups excluding carboxylic acids is 1. The van der Waals surface area contributed by atoms with E-state index in [1.54, 1.807) is 6.07 Å². The van der Waals surface area contributed by atoms with E-state index in [-0.39, 0.29) is 5.91 Å². The number of hydrogen-bond donors (Lipinski definition) is 1. The molecule has 2 aromatic rings. The van der Waals surface area contributed by atoms with Crippen LogP contribution in [-0.4, -0.2) is 73.3 Å². The van der Waals surface area contributed by atoms with Crippen LogP contribution in [0.15, 0.2) is 27.8 Å². The highest BCUT2D eigenvalue weighted by Crippen LogP contribution is 2.26. The van der Waals surface area contributed by atoms with E-state index in [1.807, 2.05) is 6.07 Å². The average molecular weight is 462 g/mol. The van der Waals surface area contributed by atoms with Crippen LogP contribution in [0.1, 0.15) is 55.6 Å². The fourth-order valence-electron chi connectivity index (χ4n) is 3.45. The minimum atomic E-state index is -0.184. The van der Waals surface area contributed by atoms with Gasteiger partial charge in [-0.15, -0.1) is 0 Å². The van der Waals surface area contributed by atoms with Crippen molar-refractivity contribution in [1.29, 1.82) is 0 Å². The lowest BCUT2D eigenvalue weighted by atomic mass is 10.1. The number of hydrogen-bond acceptors (Lipinski definition) is 8. The molecule has 0 bridgehead atoms. The van der Waals surface area contributed by atoms with Crippen molar-refractivity contribution < 1.29 is 13.9 Å². The second-order valence-corrected chi connectivity index (χ2v) is 8.97. The number of amides is 1. The molecule has 8 nitrogen and oxygen atoms in total. The molecule has 1 aliphatic rings. The van der Waals surface area contributed by atoms with Gasteiger partial charge < -0.3 is 19.4 Å². The molecule has 1 aliphatic heterocycles. The number of ether oxygens (including phenoxy) is 1. The number of nitrogens with zero attached hydrogens (tertiary/aromatic N) is 4. The molecule has 0 saturated carbocycles. The zero-order valence-corrected chi connectivity index (χ0v) is 20.4. The zero-order chi connectivity index (χ0) is 22.9. The molecule has 3 rings (SSSR count). The molecular formula is C23H35N5O3S. The highest BCUT2D eigenvalue weighted by Gasteiger charge is 2.15. The molecule has 2 aromatic heterocycles. The predicted octanol–water partition coefficient (Wildman–Crippen LogP) is 3.39. The first-order chi connectivity index (χ1) is 15.5. The third-order valence-electron chi connectivity index (χ3n) is 5.44. The topological polar surface area (TPSA) is 83.7 Å². The minimum absolute atomic E-state index is 0.184. The van der Waals surface area contributed by atoms with Gasteiger partial charge in [0.2, 0.25) is 0 Å². The van der Waals surface area contributed by atoms with Crippen molar-refractivity contribution in [3.8, 4) is 0 Å². The molecule has 0 radical (unpaired) electrons. The molecule has 0 atom stereocenters. The number of anilines is 1. The van der Waals surface area contributed by atoms with Crippen LogP contribution in [0.2, 0.25) is 0 Å². The number of carbonyl (C=O) groups is 1. The van der Waals surface area contributed by atoms with Crippen LogP contribution in [0.3, 0.4) is 0 Å². The van der Waals surface area contributed by atoms with Crippen LogP contribution in [0.25, 0.3) is 0 Å². The lowest BCUT2D eigenvalue weighted by molar-refractivity contribution is 0.0382. The van der Waals surface area contributed by atoms with Crippen molar-refractivity contribution >= 4 is 23.5 Å². The molecule has 1 saturated heterocycles. The summed E-state index contributed by atoms with van der Waals surface area (Å²) in [6.45, 7) is 15.1. The molecule has 0 unspecified atom stereocenters. The molecule has 0 aliphatic carbocycles. The van der Waals surface area contributed by atoms with Crippen molar-refractivity contribution in [3.63, 3.8) is 0 Å². The van der Waals surface area contributed by atoms with Gasteiger partial charge in [0.25, 0.3) is 5.91 Å². The normalized spacial score (nSPS) is 14.7. The second kappa shape index (κ2) is 12.2. The van der Waals surface area contributed by atoms with Crippen molar-refractivity contribution in [2.75, 3.05) is 57.4 Å². The number of nitrogens with one attached hydrogen (secondary N) is 1. The first-order valence-electron chi connectivity index (χ1n) is 11.4. The third-order valence-corrected chi connectivity index (χ3v) is 6.31. The van der Waals surface area contributed by atoms with Crippen LogP contribution in [0.4, 0.5) is 5.82 Å². The molecule has 0 spiro atoms. The van der Waals surface area contributed by atoms with Crippen molar-refractivity contribution in [2.45, 2.75) is 44.5 Å². The maximum atomic E-state index is 12.4. The van der Waals surface area contributed by atoms with E-state index in [2.05, 4.69) is 48.9 Å². The molecular weight excluding hydrogens is 426 g/mol. The Morgan fingerprint density at radius 2 is 1.97 bits per heavy atom. The third kappa shape index (κ3) is 6.95.